The molecule has 0 aliphatic carbocycles. The SMILES string of the molecule is CCCNC(c1cc(OC)c(OC)cc1Br)C(F)(F)F. The maximum atomic E-state index is 13.2. The Kier molecular flexibility index (Phi) is 6.13. The second kappa shape index (κ2) is 7.17. The van der Waals surface area contributed by atoms with Crippen LogP contribution in [-0.2, 0) is 0 Å². The van der Waals surface area contributed by atoms with Gasteiger partial charge in [0.1, 0.15) is 6.04 Å². The zero-order valence-corrected chi connectivity index (χ0v) is 13.1. The van der Waals surface area contributed by atoms with Gasteiger partial charge in [-0.1, -0.05) is 22.9 Å². The minimum atomic E-state index is -4.39. The van der Waals surface area contributed by atoms with Crippen molar-refractivity contribution < 1.29 is 22.6 Å². The highest BCUT2D eigenvalue weighted by molar-refractivity contribution is 9.10. The molecule has 1 unspecified atom stereocenters. The van der Waals surface area contributed by atoms with Crippen LogP contribution in [0.3, 0.4) is 0 Å². The zero-order chi connectivity index (χ0) is 15.3. The zero-order valence-electron chi connectivity index (χ0n) is 11.5. The van der Waals surface area contributed by atoms with Gasteiger partial charge >= 0.3 is 6.18 Å². The second-order valence-electron chi connectivity index (χ2n) is 4.16. The topological polar surface area (TPSA) is 30.5 Å². The van der Waals surface area contributed by atoms with E-state index < -0.39 is 12.2 Å². The minimum absolute atomic E-state index is 0.0728. The van der Waals surface area contributed by atoms with E-state index in [9.17, 15) is 13.2 Å². The van der Waals surface area contributed by atoms with Crippen LogP contribution in [0.5, 0.6) is 11.5 Å². The molecule has 1 atom stereocenters. The molecule has 1 N–H and O–H groups in total. The van der Waals surface area contributed by atoms with E-state index in [-0.39, 0.29) is 17.9 Å². The third kappa shape index (κ3) is 4.02. The fourth-order valence-electron chi connectivity index (χ4n) is 1.78. The van der Waals surface area contributed by atoms with E-state index >= 15 is 0 Å². The summed E-state index contributed by atoms with van der Waals surface area (Å²) in [4.78, 5) is 0. The maximum absolute atomic E-state index is 13.2. The Morgan fingerprint density at radius 2 is 1.75 bits per heavy atom. The number of benzene rings is 1. The first-order valence-electron chi connectivity index (χ1n) is 6.06. The normalized spacial score (nSPS) is 13.2. The molecule has 0 fully saturated rings. The van der Waals surface area contributed by atoms with Crippen molar-refractivity contribution in [1.29, 1.82) is 0 Å². The Morgan fingerprint density at radius 3 is 2.20 bits per heavy atom. The molecule has 0 aromatic heterocycles. The maximum Gasteiger partial charge on any atom is 0.407 e. The summed E-state index contributed by atoms with van der Waals surface area (Å²) in [6, 6.07) is 1.06. The molecular formula is C13H17BrF3NO2. The molecule has 0 aliphatic heterocycles. The predicted molar refractivity (Wildman–Crippen MR) is 74.3 cm³/mol. The number of alkyl halides is 3. The molecule has 114 valence electrons. The van der Waals surface area contributed by atoms with E-state index in [1.807, 2.05) is 6.92 Å². The van der Waals surface area contributed by atoms with Gasteiger partial charge in [0, 0.05) is 4.47 Å². The predicted octanol–water partition coefficient (Wildman–Crippen LogP) is 4.07. The van der Waals surface area contributed by atoms with E-state index in [1.165, 1.54) is 26.4 Å². The summed E-state index contributed by atoms with van der Waals surface area (Å²) in [5, 5.41) is 2.50. The molecule has 0 bridgehead atoms. The van der Waals surface area contributed by atoms with Crippen LogP contribution in [0.15, 0.2) is 16.6 Å². The number of rotatable bonds is 6. The number of hydrogen-bond donors (Lipinski definition) is 1. The largest absolute Gasteiger partial charge is 0.493 e. The molecule has 3 nitrogen and oxygen atoms in total. The van der Waals surface area contributed by atoms with Gasteiger partial charge in [0.15, 0.2) is 11.5 Å². The summed E-state index contributed by atoms with van der Waals surface area (Å²) in [5.74, 6) is 0.637. The summed E-state index contributed by atoms with van der Waals surface area (Å²) in [5.41, 5.74) is 0.0728. The number of nitrogens with one attached hydrogen (secondary N) is 1. The van der Waals surface area contributed by atoms with Crippen LogP contribution in [-0.4, -0.2) is 26.9 Å². The first-order chi connectivity index (χ1) is 9.35. The number of hydrogen-bond acceptors (Lipinski definition) is 3. The molecular weight excluding hydrogens is 339 g/mol. The van der Waals surface area contributed by atoms with Gasteiger partial charge in [-0.15, -0.1) is 0 Å². The van der Waals surface area contributed by atoms with Gasteiger partial charge in [0.05, 0.1) is 14.2 Å². The highest BCUT2D eigenvalue weighted by Crippen LogP contribution is 2.41. The highest BCUT2D eigenvalue weighted by atomic mass is 79.9. The first-order valence-corrected chi connectivity index (χ1v) is 6.86. The van der Waals surface area contributed by atoms with Crippen molar-refractivity contribution in [3.8, 4) is 11.5 Å². The Labute approximate surface area is 124 Å². The molecule has 0 spiro atoms. The van der Waals surface area contributed by atoms with Gasteiger partial charge in [-0.25, -0.2) is 0 Å². The molecule has 1 aromatic carbocycles. The van der Waals surface area contributed by atoms with E-state index in [4.69, 9.17) is 9.47 Å². The lowest BCUT2D eigenvalue weighted by Crippen LogP contribution is -2.34. The lowest BCUT2D eigenvalue weighted by molar-refractivity contribution is -0.157. The van der Waals surface area contributed by atoms with Crippen LogP contribution < -0.4 is 14.8 Å². The van der Waals surface area contributed by atoms with Crippen molar-refractivity contribution in [1.82, 2.24) is 5.32 Å². The minimum Gasteiger partial charge on any atom is -0.493 e. The van der Waals surface area contributed by atoms with Gasteiger partial charge < -0.3 is 14.8 Å². The fourth-order valence-corrected chi connectivity index (χ4v) is 2.33. The number of halogens is 4. The number of methoxy groups -OCH3 is 2. The van der Waals surface area contributed by atoms with E-state index in [2.05, 4.69) is 21.2 Å². The molecule has 0 saturated carbocycles. The van der Waals surface area contributed by atoms with Crippen LogP contribution >= 0.6 is 15.9 Å². The lowest BCUT2D eigenvalue weighted by Gasteiger charge is -2.24. The van der Waals surface area contributed by atoms with Gasteiger partial charge in [-0.2, -0.15) is 13.2 Å². The van der Waals surface area contributed by atoms with E-state index in [0.29, 0.717) is 16.6 Å². The Balaban J connectivity index is 3.25. The molecule has 0 aliphatic rings. The molecule has 1 rings (SSSR count). The smallest absolute Gasteiger partial charge is 0.407 e. The van der Waals surface area contributed by atoms with Crippen LogP contribution in [0.25, 0.3) is 0 Å². The van der Waals surface area contributed by atoms with Crippen molar-refractivity contribution in [3.05, 3.63) is 22.2 Å². The van der Waals surface area contributed by atoms with Crippen molar-refractivity contribution in [2.24, 2.45) is 0 Å². The quantitative estimate of drug-likeness (QED) is 0.834. The molecule has 20 heavy (non-hydrogen) atoms. The molecule has 0 radical (unpaired) electrons. The van der Waals surface area contributed by atoms with Crippen LogP contribution in [0.1, 0.15) is 24.9 Å². The fraction of sp³-hybridized carbons (Fsp3) is 0.538. The van der Waals surface area contributed by atoms with Crippen LogP contribution in [0.4, 0.5) is 13.2 Å². The van der Waals surface area contributed by atoms with Crippen molar-refractivity contribution >= 4 is 15.9 Å². The average molecular weight is 356 g/mol. The average Bonchev–Trinajstić information content (AvgIpc) is 2.38. The Bertz CT molecular complexity index is 452. The summed E-state index contributed by atoms with van der Waals surface area (Å²) in [6.07, 6.45) is -3.78. The Morgan fingerprint density at radius 1 is 1.20 bits per heavy atom. The number of ether oxygens (including phenoxy) is 2. The lowest BCUT2D eigenvalue weighted by atomic mass is 10.1. The molecule has 0 amide bonds. The third-order valence-corrected chi connectivity index (χ3v) is 3.43. The summed E-state index contributed by atoms with van der Waals surface area (Å²) in [6.45, 7) is 2.08. The molecule has 1 aromatic rings. The van der Waals surface area contributed by atoms with E-state index in [1.54, 1.807) is 0 Å². The molecule has 7 heteroatoms. The van der Waals surface area contributed by atoms with E-state index in [0.717, 1.165) is 0 Å². The first kappa shape index (κ1) is 17.1. The van der Waals surface area contributed by atoms with Crippen LogP contribution in [0.2, 0.25) is 0 Å². The van der Waals surface area contributed by atoms with Crippen molar-refractivity contribution in [2.45, 2.75) is 25.6 Å². The van der Waals surface area contributed by atoms with Crippen molar-refractivity contribution in [2.75, 3.05) is 20.8 Å². The van der Waals surface area contributed by atoms with Crippen LogP contribution in [0, 0.1) is 0 Å². The molecule has 0 heterocycles. The summed E-state index contributed by atoms with van der Waals surface area (Å²) >= 11 is 3.16. The highest BCUT2D eigenvalue weighted by Gasteiger charge is 2.41. The van der Waals surface area contributed by atoms with Gasteiger partial charge in [0.2, 0.25) is 0 Å². The van der Waals surface area contributed by atoms with Gasteiger partial charge in [-0.05, 0) is 30.7 Å². The third-order valence-electron chi connectivity index (χ3n) is 2.74. The van der Waals surface area contributed by atoms with Gasteiger partial charge in [0.25, 0.3) is 0 Å². The summed E-state index contributed by atoms with van der Waals surface area (Å²) < 4.78 is 50.0. The standard InChI is InChI=1S/C13H17BrF3NO2/c1-4-5-18-12(13(15,16)17)8-6-10(19-2)11(20-3)7-9(8)14/h6-7,12,18H,4-5H2,1-3H3. The van der Waals surface area contributed by atoms with Gasteiger partial charge in [-0.3, -0.25) is 0 Å². The monoisotopic (exact) mass is 355 g/mol. The van der Waals surface area contributed by atoms with Crippen molar-refractivity contribution in [3.63, 3.8) is 0 Å². The molecule has 0 saturated heterocycles. The Hall–Kier alpha value is -0.950. The second-order valence-corrected chi connectivity index (χ2v) is 5.01. The summed E-state index contributed by atoms with van der Waals surface area (Å²) in [7, 11) is 2.82.